The molecule has 0 saturated carbocycles. The van der Waals surface area contributed by atoms with Crippen LogP contribution in [0, 0.1) is 0 Å². The molecule has 0 saturated heterocycles. The monoisotopic (exact) mass is 187 g/mol. The third-order valence-electron chi connectivity index (χ3n) is 1.67. The molecule has 0 aliphatic heterocycles. The van der Waals surface area contributed by atoms with Gasteiger partial charge in [-0.05, 0) is 13.3 Å². The van der Waals surface area contributed by atoms with Gasteiger partial charge >= 0.3 is 5.97 Å². The maximum atomic E-state index is 11.0. The molecule has 0 aromatic heterocycles. The van der Waals surface area contributed by atoms with E-state index in [1.807, 2.05) is 6.92 Å². The summed E-state index contributed by atoms with van der Waals surface area (Å²) in [6.45, 7) is 3.79. The second-order valence-electron chi connectivity index (χ2n) is 3.00. The third kappa shape index (κ3) is 6.28. The van der Waals surface area contributed by atoms with E-state index in [1.54, 1.807) is 0 Å². The minimum absolute atomic E-state index is 0.0148. The molecule has 0 heterocycles. The molecule has 0 aromatic rings. The Morgan fingerprint density at radius 2 is 2.08 bits per heavy atom. The standard InChI is InChI=1S/C9H17NO3/c1-3-4-5-13-9(12)6-8(10)7(2)11/h8H,3-6,10H2,1-2H3. The molecule has 0 bridgehead atoms. The van der Waals surface area contributed by atoms with Crippen LogP contribution in [0.5, 0.6) is 0 Å². The van der Waals surface area contributed by atoms with Gasteiger partial charge in [-0.2, -0.15) is 0 Å². The smallest absolute Gasteiger partial charge is 0.307 e. The zero-order chi connectivity index (χ0) is 10.3. The highest BCUT2D eigenvalue weighted by Crippen LogP contribution is 1.95. The number of carbonyl (C=O) groups is 2. The summed E-state index contributed by atoms with van der Waals surface area (Å²) in [5, 5.41) is 0. The summed E-state index contributed by atoms with van der Waals surface area (Å²) in [6.07, 6.45) is 1.81. The molecule has 0 amide bonds. The number of hydrogen-bond acceptors (Lipinski definition) is 4. The minimum atomic E-state index is -0.714. The lowest BCUT2D eigenvalue weighted by molar-refractivity contribution is -0.145. The van der Waals surface area contributed by atoms with Gasteiger partial charge in [-0.1, -0.05) is 13.3 Å². The topological polar surface area (TPSA) is 69.4 Å². The van der Waals surface area contributed by atoms with Gasteiger partial charge in [0.15, 0.2) is 0 Å². The van der Waals surface area contributed by atoms with Gasteiger partial charge in [0.1, 0.15) is 5.78 Å². The molecule has 1 atom stereocenters. The van der Waals surface area contributed by atoms with E-state index in [-0.39, 0.29) is 12.2 Å². The molecule has 0 spiro atoms. The fourth-order valence-corrected chi connectivity index (χ4v) is 0.713. The van der Waals surface area contributed by atoms with Crippen LogP contribution in [0.2, 0.25) is 0 Å². The van der Waals surface area contributed by atoms with Crippen LogP contribution in [-0.4, -0.2) is 24.4 Å². The summed E-state index contributed by atoms with van der Waals surface area (Å²) < 4.78 is 4.83. The first-order chi connectivity index (χ1) is 6.07. The molecule has 13 heavy (non-hydrogen) atoms. The van der Waals surface area contributed by atoms with E-state index in [9.17, 15) is 9.59 Å². The summed E-state index contributed by atoms with van der Waals surface area (Å²) in [5.74, 6) is -0.580. The predicted octanol–water partition coefficient (Wildman–Crippen LogP) is 0.636. The number of unbranched alkanes of at least 4 members (excludes halogenated alkanes) is 1. The molecule has 0 aliphatic carbocycles. The van der Waals surface area contributed by atoms with Gasteiger partial charge in [-0.25, -0.2) is 0 Å². The van der Waals surface area contributed by atoms with Crippen LogP contribution in [0.15, 0.2) is 0 Å². The van der Waals surface area contributed by atoms with Crippen LogP contribution < -0.4 is 5.73 Å². The van der Waals surface area contributed by atoms with Crippen LogP contribution in [0.25, 0.3) is 0 Å². The second kappa shape index (κ2) is 6.60. The molecule has 0 radical (unpaired) electrons. The van der Waals surface area contributed by atoms with Crippen molar-refractivity contribution in [3.8, 4) is 0 Å². The van der Waals surface area contributed by atoms with E-state index in [4.69, 9.17) is 10.5 Å². The summed E-state index contributed by atoms with van der Waals surface area (Å²) in [4.78, 5) is 21.7. The van der Waals surface area contributed by atoms with E-state index in [2.05, 4.69) is 0 Å². The molecule has 0 aliphatic rings. The first-order valence-electron chi connectivity index (χ1n) is 4.49. The van der Waals surface area contributed by atoms with Crippen molar-refractivity contribution in [2.75, 3.05) is 6.61 Å². The fraction of sp³-hybridized carbons (Fsp3) is 0.778. The number of esters is 1. The van der Waals surface area contributed by atoms with Crippen LogP contribution in [0.1, 0.15) is 33.1 Å². The molecule has 4 heteroatoms. The van der Waals surface area contributed by atoms with Crippen molar-refractivity contribution in [2.24, 2.45) is 5.73 Å². The zero-order valence-corrected chi connectivity index (χ0v) is 8.21. The number of nitrogens with two attached hydrogens (primary N) is 1. The van der Waals surface area contributed by atoms with Gasteiger partial charge in [0.2, 0.25) is 0 Å². The van der Waals surface area contributed by atoms with Crippen molar-refractivity contribution in [2.45, 2.75) is 39.2 Å². The number of Topliss-reactive ketones (excluding diaryl/α,β-unsaturated/α-hetero) is 1. The Labute approximate surface area is 78.4 Å². The van der Waals surface area contributed by atoms with Gasteiger partial charge in [-0.15, -0.1) is 0 Å². The van der Waals surface area contributed by atoms with Gasteiger partial charge in [0.05, 0.1) is 19.1 Å². The number of carbonyl (C=O) groups excluding carboxylic acids is 2. The molecule has 4 nitrogen and oxygen atoms in total. The van der Waals surface area contributed by atoms with E-state index < -0.39 is 12.0 Å². The summed E-state index contributed by atoms with van der Waals surface area (Å²) in [7, 11) is 0. The lowest BCUT2D eigenvalue weighted by Gasteiger charge is -2.07. The molecule has 76 valence electrons. The SMILES string of the molecule is CCCCOC(=O)CC(N)C(C)=O. The highest BCUT2D eigenvalue weighted by molar-refractivity contribution is 5.86. The highest BCUT2D eigenvalue weighted by Gasteiger charge is 2.13. The number of ketones is 1. The van der Waals surface area contributed by atoms with Crippen molar-refractivity contribution < 1.29 is 14.3 Å². The second-order valence-corrected chi connectivity index (χ2v) is 3.00. The molecule has 1 unspecified atom stereocenters. The largest absolute Gasteiger partial charge is 0.466 e. The maximum Gasteiger partial charge on any atom is 0.307 e. The number of rotatable bonds is 6. The van der Waals surface area contributed by atoms with Crippen LogP contribution in [-0.2, 0) is 14.3 Å². The van der Waals surface area contributed by atoms with Gasteiger partial charge in [-0.3, -0.25) is 9.59 Å². The molecule has 2 N–H and O–H groups in total. The fourth-order valence-electron chi connectivity index (χ4n) is 0.713. The van der Waals surface area contributed by atoms with Crippen molar-refractivity contribution in [1.29, 1.82) is 0 Å². The van der Waals surface area contributed by atoms with E-state index in [1.165, 1.54) is 6.92 Å². The predicted molar refractivity (Wildman–Crippen MR) is 49.1 cm³/mol. The Hall–Kier alpha value is -0.900. The van der Waals surface area contributed by atoms with Crippen LogP contribution in [0.3, 0.4) is 0 Å². The molecule has 0 aromatic carbocycles. The first kappa shape index (κ1) is 12.1. The van der Waals surface area contributed by atoms with E-state index in [0.717, 1.165) is 12.8 Å². The molecule has 0 fully saturated rings. The maximum absolute atomic E-state index is 11.0. The number of ether oxygens (including phenoxy) is 1. The molecule has 0 rings (SSSR count). The number of hydrogen-bond donors (Lipinski definition) is 1. The van der Waals surface area contributed by atoms with Crippen molar-refractivity contribution in [1.82, 2.24) is 0 Å². The highest BCUT2D eigenvalue weighted by atomic mass is 16.5. The Bertz CT molecular complexity index is 180. The quantitative estimate of drug-likeness (QED) is 0.489. The lowest BCUT2D eigenvalue weighted by Crippen LogP contribution is -2.31. The Morgan fingerprint density at radius 1 is 1.46 bits per heavy atom. The van der Waals surface area contributed by atoms with E-state index >= 15 is 0 Å². The Morgan fingerprint density at radius 3 is 2.54 bits per heavy atom. The summed E-state index contributed by atoms with van der Waals surface area (Å²) in [6, 6.07) is -0.714. The average molecular weight is 187 g/mol. The zero-order valence-electron chi connectivity index (χ0n) is 8.21. The molecular formula is C9H17NO3. The Kier molecular flexibility index (Phi) is 6.14. The molecular weight excluding hydrogens is 170 g/mol. The summed E-state index contributed by atoms with van der Waals surface area (Å²) in [5.41, 5.74) is 5.37. The van der Waals surface area contributed by atoms with Crippen molar-refractivity contribution >= 4 is 11.8 Å². The van der Waals surface area contributed by atoms with Crippen molar-refractivity contribution in [3.63, 3.8) is 0 Å². The van der Waals surface area contributed by atoms with Crippen molar-refractivity contribution in [3.05, 3.63) is 0 Å². The normalized spacial score (nSPS) is 12.2. The lowest BCUT2D eigenvalue weighted by atomic mass is 10.1. The van der Waals surface area contributed by atoms with Crippen LogP contribution in [0.4, 0.5) is 0 Å². The van der Waals surface area contributed by atoms with Gasteiger partial charge in [0.25, 0.3) is 0 Å². The summed E-state index contributed by atoms with van der Waals surface area (Å²) >= 11 is 0. The van der Waals surface area contributed by atoms with E-state index in [0.29, 0.717) is 6.61 Å². The third-order valence-corrected chi connectivity index (χ3v) is 1.67. The average Bonchev–Trinajstić information content (AvgIpc) is 2.04. The first-order valence-corrected chi connectivity index (χ1v) is 4.49. The van der Waals surface area contributed by atoms with Gasteiger partial charge in [0, 0.05) is 0 Å². The van der Waals surface area contributed by atoms with Gasteiger partial charge < -0.3 is 10.5 Å². The minimum Gasteiger partial charge on any atom is -0.466 e. The van der Waals surface area contributed by atoms with Crippen LogP contribution >= 0.6 is 0 Å². The Balaban J connectivity index is 3.56.